The average molecular weight is 277 g/mol. The number of rotatable bonds is 3. The molecule has 5 heteroatoms. The van der Waals surface area contributed by atoms with Gasteiger partial charge in [-0.05, 0) is 23.8 Å². The molecule has 0 amide bonds. The van der Waals surface area contributed by atoms with E-state index in [1.807, 2.05) is 0 Å². The number of hydrogen-bond acceptors (Lipinski definition) is 3. The molecule has 1 atom stereocenters. The van der Waals surface area contributed by atoms with Crippen molar-refractivity contribution < 1.29 is 19.0 Å². The first-order valence-electron chi connectivity index (χ1n) is 4.24. The molecule has 0 aromatic heterocycles. The molecule has 0 spiro atoms. The van der Waals surface area contributed by atoms with Crippen LogP contribution >= 0.6 is 15.9 Å². The van der Waals surface area contributed by atoms with Crippen LogP contribution in [0.25, 0.3) is 0 Å². The second kappa shape index (κ2) is 5.23. The van der Waals surface area contributed by atoms with E-state index in [2.05, 4.69) is 20.7 Å². The van der Waals surface area contributed by atoms with Crippen molar-refractivity contribution in [1.29, 1.82) is 0 Å². The third-order valence-electron chi connectivity index (χ3n) is 1.90. The standard InChI is InChI=1S/C10H10BrFO3/c1-15-10(14)5-9(13)7-4-6(12)2-3-8(7)11/h2-4,9,13H,5H2,1H3/t9-/m1/s1. The van der Waals surface area contributed by atoms with Crippen LogP contribution in [-0.2, 0) is 9.53 Å². The van der Waals surface area contributed by atoms with Crippen LogP contribution in [0.3, 0.4) is 0 Å². The summed E-state index contributed by atoms with van der Waals surface area (Å²) in [5.41, 5.74) is 0.334. The van der Waals surface area contributed by atoms with Gasteiger partial charge in [0.05, 0.1) is 19.6 Å². The molecule has 0 radical (unpaired) electrons. The van der Waals surface area contributed by atoms with Crippen molar-refractivity contribution in [2.75, 3.05) is 7.11 Å². The zero-order chi connectivity index (χ0) is 11.4. The molecule has 1 rings (SSSR count). The lowest BCUT2D eigenvalue weighted by molar-refractivity contribution is -0.142. The van der Waals surface area contributed by atoms with E-state index >= 15 is 0 Å². The first-order valence-corrected chi connectivity index (χ1v) is 5.03. The Morgan fingerprint density at radius 2 is 2.33 bits per heavy atom. The minimum absolute atomic E-state index is 0.196. The highest BCUT2D eigenvalue weighted by Crippen LogP contribution is 2.26. The van der Waals surface area contributed by atoms with Gasteiger partial charge < -0.3 is 9.84 Å². The number of aliphatic hydroxyl groups is 1. The summed E-state index contributed by atoms with van der Waals surface area (Å²) in [5, 5.41) is 9.63. The Morgan fingerprint density at radius 1 is 1.67 bits per heavy atom. The van der Waals surface area contributed by atoms with Crippen molar-refractivity contribution in [2.24, 2.45) is 0 Å². The molecule has 82 valence electrons. The van der Waals surface area contributed by atoms with Gasteiger partial charge in [-0.15, -0.1) is 0 Å². The number of carbonyl (C=O) groups is 1. The van der Waals surface area contributed by atoms with Crippen LogP contribution in [0, 0.1) is 5.82 Å². The zero-order valence-corrected chi connectivity index (χ0v) is 9.62. The number of benzene rings is 1. The third-order valence-corrected chi connectivity index (χ3v) is 2.63. The number of carbonyl (C=O) groups excluding carboxylic acids is 1. The second-order valence-electron chi connectivity index (χ2n) is 2.96. The normalized spacial score (nSPS) is 12.3. The Labute approximate surface area is 95.0 Å². The van der Waals surface area contributed by atoms with Gasteiger partial charge in [0.25, 0.3) is 0 Å². The van der Waals surface area contributed by atoms with Crippen molar-refractivity contribution in [3.63, 3.8) is 0 Å². The topological polar surface area (TPSA) is 46.5 Å². The van der Waals surface area contributed by atoms with Gasteiger partial charge in [0.1, 0.15) is 5.82 Å². The monoisotopic (exact) mass is 276 g/mol. The summed E-state index contributed by atoms with van der Waals surface area (Å²) < 4.78 is 17.8. The first-order chi connectivity index (χ1) is 7.04. The van der Waals surface area contributed by atoms with Crippen LogP contribution in [0.5, 0.6) is 0 Å². The summed E-state index contributed by atoms with van der Waals surface area (Å²) in [6.45, 7) is 0. The molecule has 0 saturated heterocycles. The van der Waals surface area contributed by atoms with Crippen molar-refractivity contribution in [3.05, 3.63) is 34.1 Å². The number of methoxy groups -OCH3 is 1. The summed E-state index contributed by atoms with van der Waals surface area (Å²) in [6, 6.07) is 3.92. The fourth-order valence-corrected chi connectivity index (χ4v) is 1.63. The molecule has 3 nitrogen and oxygen atoms in total. The Hall–Kier alpha value is -0.940. The zero-order valence-electron chi connectivity index (χ0n) is 8.04. The smallest absolute Gasteiger partial charge is 0.308 e. The Kier molecular flexibility index (Phi) is 4.23. The lowest BCUT2D eigenvalue weighted by Gasteiger charge is -2.11. The molecule has 1 aromatic rings. The lowest BCUT2D eigenvalue weighted by Crippen LogP contribution is -2.08. The van der Waals surface area contributed by atoms with E-state index in [1.165, 1.54) is 25.3 Å². The molecule has 0 fully saturated rings. The van der Waals surface area contributed by atoms with E-state index < -0.39 is 17.9 Å². The molecular formula is C10H10BrFO3. The van der Waals surface area contributed by atoms with Gasteiger partial charge in [0.15, 0.2) is 0 Å². The molecular weight excluding hydrogens is 267 g/mol. The molecule has 0 unspecified atom stereocenters. The summed E-state index contributed by atoms with van der Waals surface area (Å²) in [5.74, 6) is -1.00. The fraction of sp³-hybridized carbons (Fsp3) is 0.300. The number of hydrogen-bond donors (Lipinski definition) is 1. The maximum atomic E-state index is 12.9. The Balaban J connectivity index is 2.85. The van der Waals surface area contributed by atoms with E-state index in [9.17, 15) is 14.3 Å². The second-order valence-corrected chi connectivity index (χ2v) is 3.82. The lowest BCUT2D eigenvalue weighted by atomic mass is 10.1. The summed E-state index contributed by atoms with van der Waals surface area (Å²) >= 11 is 3.16. The van der Waals surface area contributed by atoms with Gasteiger partial charge in [-0.2, -0.15) is 0 Å². The van der Waals surface area contributed by atoms with Crippen molar-refractivity contribution >= 4 is 21.9 Å². The van der Waals surface area contributed by atoms with Gasteiger partial charge in [0.2, 0.25) is 0 Å². The van der Waals surface area contributed by atoms with Gasteiger partial charge >= 0.3 is 5.97 Å². The molecule has 0 aliphatic rings. The van der Waals surface area contributed by atoms with Crippen molar-refractivity contribution in [1.82, 2.24) is 0 Å². The predicted octanol–water partition coefficient (Wildman–Crippen LogP) is 2.18. The van der Waals surface area contributed by atoms with E-state index in [0.29, 0.717) is 10.0 Å². The Bertz CT molecular complexity index is 368. The van der Waals surface area contributed by atoms with Crippen LogP contribution < -0.4 is 0 Å². The van der Waals surface area contributed by atoms with E-state index in [1.54, 1.807) is 0 Å². The minimum Gasteiger partial charge on any atom is -0.469 e. The highest BCUT2D eigenvalue weighted by Gasteiger charge is 2.16. The molecule has 0 aliphatic carbocycles. The Morgan fingerprint density at radius 3 is 2.93 bits per heavy atom. The predicted molar refractivity (Wildman–Crippen MR) is 55.7 cm³/mol. The van der Waals surface area contributed by atoms with Gasteiger partial charge in [0, 0.05) is 4.47 Å². The van der Waals surface area contributed by atoms with Crippen LogP contribution in [0.1, 0.15) is 18.1 Å². The third kappa shape index (κ3) is 3.28. The highest BCUT2D eigenvalue weighted by molar-refractivity contribution is 9.10. The molecule has 0 heterocycles. The molecule has 0 saturated carbocycles. The summed E-state index contributed by atoms with van der Waals surface area (Å²) in [7, 11) is 1.23. The average Bonchev–Trinajstić information content (AvgIpc) is 2.21. The van der Waals surface area contributed by atoms with Crippen LogP contribution in [0.15, 0.2) is 22.7 Å². The molecule has 1 N–H and O–H groups in total. The van der Waals surface area contributed by atoms with Crippen LogP contribution in [0.2, 0.25) is 0 Å². The maximum absolute atomic E-state index is 12.9. The number of esters is 1. The number of halogens is 2. The van der Waals surface area contributed by atoms with E-state index in [4.69, 9.17) is 0 Å². The molecule has 0 bridgehead atoms. The van der Waals surface area contributed by atoms with Crippen LogP contribution in [-0.4, -0.2) is 18.2 Å². The summed E-state index contributed by atoms with van der Waals surface area (Å²) in [6.07, 6.45) is -1.26. The fourth-order valence-electron chi connectivity index (χ4n) is 1.12. The number of aliphatic hydroxyl groups excluding tert-OH is 1. The molecule has 1 aromatic carbocycles. The molecule has 0 aliphatic heterocycles. The quantitative estimate of drug-likeness (QED) is 0.861. The minimum atomic E-state index is -1.07. The highest BCUT2D eigenvalue weighted by atomic mass is 79.9. The molecule has 15 heavy (non-hydrogen) atoms. The van der Waals surface area contributed by atoms with Crippen LogP contribution in [0.4, 0.5) is 4.39 Å². The van der Waals surface area contributed by atoms with Crippen molar-refractivity contribution in [3.8, 4) is 0 Å². The number of ether oxygens (including phenoxy) is 1. The van der Waals surface area contributed by atoms with E-state index in [-0.39, 0.29) is 6.42 Å². The first kappa shape index (κ1) is 12.1. The van der Waals surface area contributed by atoms with Gasteiger partial charge in [-0.1, -0.05) is 15.9 Å². The van der Waals surface area contributed by atoms with Crippen molar-refractivity contribution in [2.45, 2.75) is 12.5 Å². The largest absolute Gasteiger partial charge is 0.469 e. The van der Waals surface area contributed by atoms with Gasteiger partial charge in [-0.3, -0.25) is 4.79 Å². The van der Waals surface area contributed by atoms with E-state index in [0.717, 1.165) is 0 Å². The summed E-state index contributed by atoms with van der Waals surface area (Å²) in [4.78, 5) is 10.9. The van der Waals surface area contributed by atoms with Gasteiger partial charge in [-0.25, -0.2) is 4.39 Å². The SMILES string of the molecule is COC(=O)C[C@@H](O)c1cc(F)ccc1Br. The maximum Gasteiger partial charge on any atom is 0.308 e.